The van der Waals surface area contributed by atoms with Gasteiger partial charge in [-0.25, -0.2) is 0 Å². The van der Waals surface area contributed by atoms with Crippen LogP contribution in [0.1, 0.15) is 17.7 Å². The molecule has 4 nitrogen and oxygen atoms in total. The van der Waals surface area contributed by atoms with Crippen molar-refractivity contribution in [1.82, 2.24) is 4.90 Å². The first kappa shape index (κ1) is 13.5. The second-order valence-electron chi connectivity index (χ2n) is 4.86. The third kappa shape index (κ3) is 3.54. The molecule has 0 bridgehead atoms. The number of aliphatic hydroxyl groups excluding tert-OH is 1. The Kier molecular flexibility index (Phi) is 4.74. The molecule has 1 aromatic heterocycles. The number of carbonyl (C=O) groups is 1. The lowest BCUT2D eigenvalue weighted by Crippen LogP contribution is -2.43. The lowest BCUT2D eigenvalue weighted by atomic mass is 9.91. The minimum Gasteiger partial charge on any atom is -0.383 e. The first-order valence-electron chi connectivity index (χ1n) is 6.39. The van der Waals surface area contributed by atoms with Crippen LogP contribution in [0.15, 0.2) is 17.5 Å². The summed E-state index contributed by atoms with van der Waals surface area (Å²) in [4.78, 5) is 14.7. The van der Waals surface area contributed by atoms with Gasteiger partial charge in [-0.3, -0.25) is 4.79 Å². The van der Waals surface area contributed by atoms with Crippen molar-refractivity contribution in [3.05, 3.63) is 22.4 Å². The van der Waals surface area contributed by atoms with Crippen LogP contribution in [0.4, 0.5) is 0 Å². The van der Waals surface area contributed by atoms with Crippen molar-refractivity contribution in [2.45, 2.75) is 25.4 Å². The van der Waals surface area contributed by atoms with Gasteiger partial charge in [-0.05, 0) is 49.7 Å². The number of nitrogens with two attached hydrogens (primary N) is 1. The van der Waals surface area contributed by atoms with Gasteiger partial charge in [-0.1, -0.05) is 6.07 Å². The highest BCUT2D eigenvalue weighted by molar-refractivity contribution is 7.09. The number of rotatable bonds is 5. The number of primary amides is 1. The first-order chi connectivity index (χ1) is 8.66. The number of hydrogen-bond acceptors (Lipinski definition) is 4. The molecule has 1 aliphatic rings. The van der Waals surface area contributed by atoms with Crippen molar-refractivity contribution in [2.75, 3.05) is 19.6 Å². The van der Waals surface area contributed by atoms with E-state index in [2.05, 4.69) is 22.4 Å². The summed E-state index contributed by atoms with van der Waals surface area (Å²) in [5.41, 5.74) is 5.12. The average molecular weight is 268 g/mol. The number of aliphatic hydroxyl groups is 1. The Morgan fingerprint density at radius 1 is 1.56 bits per heavy atom. The van der Waals surface area contributed by atoms with Crippen molar-refractivity contribution in [3.8, 4) is 0 Å². The van der Waals surface area contributed by atoms with Crippen molar-refractivity contribution in [1.29, 1.82) is 0 Å². The fourth-order valence-corrected chi connectivity index (χ4v) is 3.15. The maximum Gasteiger partial charge on any atom is 0.246 e. The van der Waals surface area contributed by atoms with Gasteiger partial charge >= 0.3 is 0 Å². The minimum absolute atomic E-state index is 0.0421. The molecule has 0 unspecified atom stereocenters. The smallest absolute Gasteiger partial charge is 0.246 e. The molecule has 1 aromatic rings. The number of amides is 1. The molecule has 0 radical (unpaired) electrons. The van der Waals surface area contributed by atoms with E-state index < -0.39 is 12.0 Å². The standard InChI is InChI=1S/C13H20N2O2S/c14-13(17)12(16)10-3-6-15(7-4-10)8-5-11-2-1-9-18-11/h1-2,9-10,12,16H,3-8H2,(H2,14,17)/t12-/m1/s1. The van der Waals surface area contributed by atoms with Gasteiger partial charge in [-0.15, -0.1) is 11.3 Å². The predicted octanol–water partition coefficient (Wildman–Crippen LogP) is 0.849. The van der Waals surface area contributed by atoms with Gasteiger partial charge in [0, 0.05) is 11.4 Å². The van der Waals surface area contributed by atoms with E-state index in [9.17, 15) is 9.90 Å². The van der Waals surface area contributed by atoms with Crippen LogP contribution in [0.2, 0.25) is 0 Å². The topological polar surface area (TPSA) is 66.6 Å². The molecule has 1 fully saturated rings. The highest BCUT2D eigenvalue weighted by Gasteiger charge is 2.28. The van der Waals surface area contributed by atoms with E-state index in [-0.39, 0.29) is 5.92 Å². The SMILES string of the molecule is NC(=O)[C@H](O)C1CCN(CCc2cccs2)CC1. The van der Waals surface area contributed by atoms with Crippen LogP contribution in [0.3, 0.4) is 0 Å². The molecule has 1 saturated heterocycles. The summed E-state index contributed by atoms with van der Waals surface area (Å²) in [6.07, 6.45) is 1.83. The number of piperidine rings is 1. The predicted molar refractivity (Wildman–Crippen MR) is 72.4 cm³/mol. The number of thiophene rings is 1. The van der Waals surface area contributed by atoms with E-state index in [0.717, 1.165) is 38.9 Å². The van der Waals surface area contributed by atoms with Gasteiger partial charge in [0.15, 0.2) is 0 Å². The fraction of sp³-hybridized carbons (Fsp3) is 0.615. The molecule has 100 valence electrons. The van der Waals surface area contributed by atoms with Crippen LogP contribution in [-0.2, 0) is 11.2 Å². The van der Waals surface area contributed by atoms with Crippen molar-refractivity contribution in [3.63, 3.8) is 0 Å². The van der Waals surface area contributed by atoms with Gasteiger partial charge in [0.05, 0.1) is 0 Å². The minimum atomic E-state index is -0.968. The first-order valence-corrected chi connectivity index (χ1v) is 7.27. The van der Waals surface area contributed by atoms with Crippen LogP contribution in [0, 0.1) is 5.92 Å². The Balaban J connectivity index is 1.72. The summed E-state index contributed by atoms with van der Waals surface area (Å²) in [5, 5.41) is 11.7. The molecule has 0 saturated carbocycles. The quantitative estimate of drug-likeness (QED) is 0.832. The van der Waals surface area contributed by atoms with Crippen LogP contribution in [0.5, 0.6) is 0 Å². The zero-order valence-electron chi connectivity index (χ0n) is 10.4. The third-order valence-electron chi connectivity index (χ3n) is 3.62. The highest BCUT2D eigenvalue weighted by Crippen LogP contribution is 2.21. The van der Waals surface area contributed by atoms with Gasteiger partial charge in [0.25, 0.3) is 0 Å². The summed E-state index contributed by atoms with van der Waals surface area (Å²) < 4.78 is 0. The van der Waals surface area contributed by atoms with Crippen LogP contribution >= 0.6 is 11.3 Å². The Bertz CT molecular complexity index is 372. The van der Waals surface area contributed by atoms with E-state index >= 15 is 0 Å². The third-order valence-corrected chi connectivity index (χ3v) is 4.56. The van der Waals surface area contributed by atoms with E-state index in [0.29, 0.717) is 0 Å². The largest absolute Gasteiger partial charge is 0.383 e. The summed E-state index contributed by atoms with van der Waals surface area (Å²) in [7, 11) is 0. The molecular weight excluding hydrogens is 248 g/mol. The zero-order chi connectivity index (χ0) is 13.0. The molecular formula is C13H20N2O2S. The van der Waals surface area contributed by atoms with Crippen LogP contribution < -0.4 is 5.73 Å². The molecule has 1 aliphatic heterocycles. The molecule has 0 spiro atoms. The zero-order valence-corrected chi connectivity index (χ0v) is 11.2. The molecule has 18 heavy (non-hydrogen) atoms. The molecule has 2 heterocycles. The lowest BCUT2D eigenvalue weighted by molar-refractivity contribution is -0.129. The van der Waals surface area contributed by atoms with E-state index in [1.807, 2.05) is 0 Å². The van der Waals surface area contributed by atoms with Gasteiger partial charge in [0.1, 0.15) is 6.10 Å². The summed E-state index contributed by atoms with van der Waals surface area (Å²) >= 11 is 1.79. The summed E-state index contributed by atoms with van der Waals surface area (Å²) in [5.74, 6) is -0.549. The van der Waals surface area contributed by atoms with E-state index in [1.165, 1.54) is 4.88 Å². The van der Waals surface area contributed by atoms with Crippen molar-refractivity contribution in [2.24, 2.45) is 11.7 Å². The molecule has 5 heteroatoms. The maximum absolute atomic E-state index is 10.9. The second kappa shape index (κ2) is 6.31. The average Bonchev–Trinajstić information content (AvgIpc) is 2.89. The Morgan fingerprint density at radius 3 is 2.83 bits per heavy atom. The van der Waals surface area contributed by atoms with Crippen molar-refractivity contribution >= 4 is 17.2 Å². The monoisotopic (exact) mass is 268 g/mol. The maximum atomic E-state index is 10.9. The normalized spacial score (nSPS) is 19.8. The number of likely N-dealkylation sites (tertiary alicyclic amines) is 1. The molecule has 3 N–H and O–H groups in total. The fourth-order valence-electron chi connectivity index (χ4n) is 2.45. The second-order valence-corrected chi connectivity index (χ2v) is 5.89. The van der Waals surface area contributed by atoms with Gasteiger partial charge < -0.3 is 15.7 Å². The molecule has 2 rings (SSSR count). The van der Waals surface area contributed by atoms with Crippen LogP contribution in [0.25, 0.3) is 0 Å². The van der Waals surface area contributed by atoms with Gasteiger partial charge in [0.2, 0.25) is 5.91 Å². The molecule has 0 aliphatic carbocycles. The summed E-state index contributed by atoms with van der Waals surface area (Å²) in [6, 6.07) is 4.24. The number of hydrogen-bond donors (Lipinski definition) is 2. The molecule has 0 aromatic carbocycles. The number of carbonyl (C=O) groups excluding carboxylic acids is 1. The van der Waals surface area contributed by atoms with E-state index in [4.69, 9.17) is 5.73 Å². The lowest BCUT2D eigenvalue weighted by Gasteiger charge is -2.33. The van der Waals surface area contributed by atoms with Gasteiger partial charge in [-0.2, -0.15) is 0 Å². The van der Waals surface area contributed by atoms with E-state index in [1.54, 1.807) is 11.3 Å². The molecule has 1 atom stereocenters. The van der Waals surface area contributed by atoms with Crippen LogP contribution in [-0.4, -0.2) is 41.7 Å². The number of nitrogens with zero attached hydrogens (tertiary/aromatic N) is 1. The molecule has 1 amide bonds. The Morgan fingerprint density at radius 2 is 2.28 bits per heavy atom. The Labute approximate surface area is 111 Å². The Hall–Kier alpha value is -0.910. The summed E-state index contributed by atoms with van der Waals surface area (Å²) in [6.45, 7) is 2.95. The highest BCUT2D eigenvalue weighted by atomic mass is 32.1. The van der Waals surface area contributed by atoms with Crippen molar-refractivity contribution < 1.29 is 9.90 Å².